The molecule has 0 aromatic carbocycles. The van der Waals surface area contributed by atoms with E-state index in [9.17, 15) is 0 Å². The molecule has 0 aromatic rings. The second-order valence-corrected chi connectivity index (χ2v) is 4.56. The van der Waals surface area contributed by atoms with Gasteiger partial charge in [0.05, 0.1) is 6.10 Å². The van der Waals surface area contributed by atoms with Crippen molar-refractivity contribution in [3.05, 3.63) is 11.6 Å². The van der Waals surface area contributed by atoms with Crippen molar-refractivity contribution in [2.24, 2.45) is 11.8 Å². The third-order valence-corrected chi connectivity index (χ3v) is 3.87. The summed E-state index contributed by atoms with van der Waals surface area (Å²) in [5.74, 6) is 1.81. The predicted molar refractivity (Wildman–Crippen MR) is 54.6 cm³/mol. The molecule has 0 amide bonds. The van der Waals surface area contributed by atoms with Gasteiger partial charge in [0.25, 0.3) is 0 Å². The van der Waals surface area contributed by atoms with Crippen molar-refractivity contribution in [1.29, 1.82) is 0 Å². The first-order chi connectivity index (χ1) is 6.31. The van der Waals surface area contributed by atoms with E-state index in [2.05, 4.69) is 13.0 Å². The van der Waals surface area contributed by atoms with Crippen LogP contribution in [0.2, 0.25) is 0 Å². The lowest BCUT2D eigenvalue weighted by molar-refractivity contribution is 0.0337. The minimum Gasteiger partial charge on any atom is -0.381 e. The average molecular weight is 180 g/mol. The quantitative estimate of drug-likeness (QED) is 0.563. The van der Waals surface area contributed by atoms with Gasteiger partial charge in [-0.25, -0.2) is 0 Å². The van der Waals surface area contributed by atoms with Gasteiger partial charge in [-0.2, -0.15) is 0 Å². The number of allylic oxidation sites excluding steroid dienone is 2. The van der Waals surface area contributed by atoms with Crippen LogP contribution in [0.5, 0.6) is 0 Å². The molecule has 2 aliphatic carbocycles. The lowest BCUT2D eigenvalue weighted by Gasteiger charge is -2.38. The molecule has 3 atom stereocenters. The van der Waals surface area contributed by atoms with Crippen molar-refractivity contribution in [1.82, 2.24) is 0 Å². The maximum Gasteiger partial charge on any atom is 0.0577 e. The summed E-state index contributed by atoms with van der Waals surface area (Å²) < 4.78 is 5.46. The molecule has 0 radical (unpaired) electrons. The summed E-state index contributed by atoms with van der Waals surface area (Å²) in [6.07, 6.45) is 9.62. The molecule has 2 rings (SSSR count). The van der Waals surface area contributed by atoms with Crippen LogP contribution in [0.3, 0.4) is 0 Å². The Kier molecular flexibility index (Phi) is 2.73. The SMILES string of the molecule is COC1CCC2CCC=C(C)C2C1. The first-order valence-corrected chi connectivity index (χ1v) is 5.50. The Bertz CT molecular complexity index is 207. The fraction of sp³-hybridized carbons (Fsp3) is 0.833. The minimum atomic E-state index is 0.530. The highest BCUT2D eigenvalue weighted by Crippen LogP contribution is 2.41. The number of methoxy groups -OCH3 is 1. The normalized spacial score (nSPS) is 39.5. The second-order valence-electron chi connectivity index (χ2n) is 4.56. The standard InChI is InChI=1S/C12H20O/c1-9-4-3-5-10-6-7-11(13-2)8-12(9)10/h4,10-12H,3,5-8H2,1-2H3. The van der Waals surface area contributed by atoms with Crippen LogP contribution in [-0.4, -0.2) is 13.2 Å². The van der Waals surface area contributed by atoms with Gasteiger partial charge >= 0.3 is 0 Å². The smallest absolute Gasteiger partial charge is 0.0577 e. The molecule has 3 unspecified atom stereocenters. The van der Waals surface area contributed by atoms with E-state index < -0.39 is 0 Å². The van der Waals surface area contributed by atoms with Crippen LogP contribution in [0.15, 0.2) is 11.6 Å². The minimum absolute atomic E-state index is 0.530. The topological polar surface area (TPSA) is 9.23 Å². The van der Waals surface area contributed by atoms with Crippen molar-refractivity contribution in [2.45, 2.75) is 45.1 Å². The fourth-order valence-corrected chi connectivity index (χ4v) is 2.99. The van der Waals surface area contributed by atoms with Crippen LogP contribution >= 0.6 is 0 Å². The number of hydrogen-bond donors (Lipinski definition) is 0. The molecule has 0 spiro atoms. The summed E-state index contributed by atoms with van der Waals surface area (Å²) in [5.41, 5.74) is 1.62. The number of hydrogen-bond acceptors (Lipinski definition) is 1. The number of ether oxygens (including phenoxy) is 1. The summed E-state index contributed by atoms with van der Waals surface area (Å²) in [4.78, 5) is 0. The van der Waals surface area contributed by atoms with Gasteiger partial charge in [-0.3, -0.25) is 0 Å². The zero-order chi connectivity index (χ0) is 9.26. The van der Waals surface area contributed by atoms with E-state index in [1.165, 1.54) is 32.1 Å². The van der Waals surface area contributed by atoms with Crippen LogP contribution in [0.4, 0.5) is 0 Å². The first kappa shape index (κ1) is 9.26. The monoisotopic (exact) mass is 180 g/mol. The molecule has 1 nitrogen and oxygen atoms in total. The van der Waals surface area contributed by atoms with Crippen molar-refractivity contribution < 1.29 is 4.74 Å². The molecule has 13 heavy (non-hydrogen) atoms. The van der Waals surface area contributed by atoms with E-state index in [4.69, 9.17) is 4.74 Å². The largest absolute Gasteiger partial charge is 0.381 e. The predicted octanol–water partition coefficient (Wildman–Crippen LogP) is 3.16. The van der Waals surface area contributed by atoms with E-state index in [1.54, 1.807) is 5.57 Å². The van der Waals surface area contributed by atoms with E-state index in [0.29, 0.717) is 6.10 Å². The van der Waals surface area contributed by atoms with Crippen molar-refractivity contribution in [3.63, 3.8) is 0 Å². The third-order valence-electron chi connectivity index (χ3n) is 3.87. The van der Waals surface area contributed by atoms with Gasteiger partial charge < -0.3 is 4.74 Å². The molecule has 0 aromatic heterocycles. The summed E-state index contributed by atoms with van der Waals surface area (Å²) in [5, 5.41) is 0. The Morgan fingerprint density at radius 1 is 1.31 bits per heavy atom. The third kappa shape index (κ3) is 1.80. The summed E-state index contributed by atoms with van der Waals surface area (Å²) in [7, 11) is 1.85. The Labute approximate surface area is 81.2 Å². The van der Waals surface area contributed by atoms with Gasteiger partial charge in [0, 0.05) is 7.11 Å². The average Bonchev–Trinajstić information content (AvgIpc) is 2.18. The van der Waals surface area contributed by atoms with Gasteiger partial charge in [-0.05, 0) is 50.9 Å². The Hall–Kier alpha value is -0.300. The van der Waals surface area contributed by atoms with E-state index in [1.807, 2.05) is 7.11 Å². The number of rotatable bonds is 1. The highest BCUT2D eigenvalue weighted by molar-refractivity contribution is 5.10. The van der Waals surface area contributed by atoms with Crippen molar-refractivity contribution in [2.75, 3.05) is 7.11 Å². The van der Waals surface area contributed by atoms with Crippen molar-refractivity contribution >= 4 is 0 Å². The highest BCUT2D eigenvalue weighted by atomic mass is 16.5. The maximum absolute atomic E-state index is 5.46. The van der Waals surface area contributed by atoms with E-state index >= 15 is 0 Å². The lowest BCUT2D eigenvalue weighted by Crippen LogP contribution is -2.31. The molecule has 1 fully saturated rings. The van der Waals surface area contributed by atoms with Crippen molar-refractivity contribution in [3.8, 4) is 0 Å². The first-order valence-electron chi connectivity index (χ1n) is 5.50. The van der Waals surface area contributed by atoms with Crippen LogP contribution in [0, 0.1) is 11.8 Å². The fourth-order valence-electron chi connectivity index (χ4n) is 2.99. The molecule has 1 saturated carbocycles. The van der Waals surface area contributed by atoms with Crippen LogP contribution < -0.4 is 0 Å². The molecule has 0 saturated heterocycles. The highest BCUT2D eigenvalue weighted by Gasteiger charge is 2.32. The molecule has 0 heterocycles. The zero-order valence-electron chi connectivity index (χ0n) is 8.75. The summed E-state index contributed by atoms with van der Waals surface area (Å²) in [6.45, 7) is 2.30. The Morgan fingerprint density at radius 2 is 2.15 bits per heavy atom. The van der Waals surface area contributed by atoms with Gasteiger partial charge in [0.2, 0.25) is 0 Å². The molecule has 74 valence electrons. The van der Waals surface area contributed by atoms with Gasteiger partial charge in [0.1, 0.15) is 0 Å². The van der Waals surface area contributed by atoms with Crippen LogP contribution in [0.1, 0.15) is 39.0 Å². The molecule has 0 bridgehead atoms. The number of fused-ring (bicyclic) bond motifs is 1. The van der Waals surface area contributed by atoms with Crippen LogP contribution in [0.25, 0.3) is 0 Å². The van der Waals surface area contributed by atoms with Gasteiger partial charge in [0.15, 0.2) is 0 Å². The Balaban J connectivity index is 2.05. The maximum atomic E-state index is 5.46. The molecular weight excluding hydrogens is 160 g/mol. The molecular formula is C12H20O. The Morgan fingerprint density at radius 3 is 2.92 bits per heavy atom. The molecule has 1 heteroatoms. The van der Waals surface area contributed by atoms with E-state index in [0.717, 1.165) is 11.8 Å². The summed E-state index contributed by atoms with van der Waals surface area (Å²) >= 11 is 0. The molecule has 2 aliphatic rings. The molecule has 0 N–H and O–H groups in total. The lowest BCUT2D eigenvalue weighted by atomic mass is 9.70. The van der Waals surface area contributed by atoms with Gasteiger partial charge in [-0.15, -0.1) is 0 Å². The van der Waals surface area contributed by atoms with Gasteiger partial charge in [-0.1, -0.05) is 11.6 Å². The second kappa shape index (κ2) is 3.83. The summed E-state index contributed by atoms with van der Waals surface area (Å²) in [6, 6.07) is 0. The zero-order valence-corrected chi connectivity index (χ0v) is 8.75. The molecule has 0 aliphatic heterocycles. The van der Waals surface area contributed by atoms with E-state index in [-0.39, 0.29) is 0 Å². The van der Waals surface area contributed by atoms with Crippen LogP contribution in [-0.2, 0) is 4.74 Å².